The number of benzene rings is 1. The van der Waals surface area contributed by atoms with Gasteiger partial charge in [0.2, 0.25) is 0 Å². The molecule has 0 saturated carbocycles. The molecule has 0 amide bonds. The zero-order valence-electron chi connectivity index (χ0n) is 10.0. The average Bonchev–Trinajstić information content (AvgIpc) is 2.29. The minimum atomic E-state index is 0.0783. The maximum absolute atomic E-state index is 6.17. The molecule has 0 radical (unpaired) electrons. The van der Waals surface area contributed by atoms with Crippen LogP contribution in [0.25, 0.3) is 0 Å². The molecule has 0 saturated heterocycles. The Kier molecular flexibility index (Phi) is 5.85. The van der Waals surface area contributed by atoms with Crippen molar-refractivity contribution < 1.29 is 4.74 Å². The Balaban J connectivity index is 2.70. The number of hydrogen-bond donors (Lipinski definition) is 1. The fraction of sp³-hybridized carbons (Fsp3) is 0.538. The molecule has 16 heavy (non-hydrogen) atoms. The Bertz CT molecular complexity index is 328. The second-order valence-electron chi connectivity index (χ2n) is 3.99. The van der Waals surface area contributed by atoms with Gasteiger partial charge in [0.1, 0.15) is 5.75 Å². The highest BCUT2D eigenvalue weighted by molar-refractivity contribution is 9.10. The summed E-state index contributed by atoms with van der Waals surface area (Å²) in [6.07, 6.45) is 4.67. The molecule has 1 aromatic carbocycles. The van der Waals surface area contributed by atoms with Crippen LogP contribution in [0, 0.1) is 0 Å². The third-order valence-corrected chi connectivity index (χ3v) is 3.21. The molecule has 0 spiro atoms. The van der Waals surface area contributed by atoms with E-state index < -0.39 is 0 Å². The van der Waals surface area contributed by atoms with Crippen molar-refractivity contribution in [2.24, 2.45) is 5.73 Å². The van der Waals surface area contributed by atoms with Crippen LogP contribution in [0.3, 0.4) is 0 Å². The first-order valence-corrected chi connectivity index (χ1v) is 6.57. The number of nitrogens with two attached hydrogens (primary N) is 1. The van der Waals surface area contributed by atoms with Crippen LogP contribution >= 0.6 is 15.9 Å². The van der Waals surface area contributed by atoms with Gasteiger partial charge in [0.15, 0.2) is 0 Å². The first kappa shape index (κ1) is 13.5. The van der Waals surface area contributed by atoms with E-state index in [4.69, 9.17) is 10.5 Å². The molecule has 2 nitrogen and oxygen atoms in total. The lowest BCUT2D eigenvalue weighted by molar-refractivity contribution is 0.403. The Morgan fingerprint density at radius 3 is 2.75 bits per heavy atom. The van der Waals surface area contributed by atoms with Crippen LogP contribution in [-0.2, 0) is 0 Å². The fourth-order valence-electron chi connectivity index (χ4n) is 1.76. The van der Waals surface area contributed by atoms with Crippen molar-refractivity contribution in [2.45, 2.75) is 38.6 Å². The standard InChI is InChI=1S/C13H20BrNO/c1-3-4-5-6-12(15)11-8-7-10(14)9-13(11)16-2/h7-9,12H,3-6,15H2,1-2H3/t12-/m0/s1. The maximum atomic E-state index is 6.17. The van der Waals surface area contributed by atoms with Crippen molar-refractivity contribution in [1.82, 2.24) is 0 Å². The van der Waals surface area contributed by atoms with Crippen LogP contribution < -0.4 is 10.5 Å². The molecule has 1 atom stereocenters. The van der Waals surface area contributed by atoms with Crippen molar-refractivity contribution in [2.75, 3.05) is 7.11 Å². The Labute approximate surface area is 106 Å². The fourth-order valence-corrected chi connectivity index (χ4v) is 2.10. The van der Waals surface area contributed by atoms with Gasteiger partial charge in [0, 0.05) is 16.1 Å². The smallest absolute Gasteiger partial charge is 0.124 e. The van der Waals surface area contributed by atoms with E-state index in [1.165, 1.54) is 19.3 Å². The molecule has 2 N–H and O–H groups in total. The van der Waals surface area contributed by atoms with Crippen LogP contribution in [0.1, 0.15) is 44.2 Å². The van der Waals surface area contributed by atoms with Gasteiger partial charge < -0.3 is 10.5 Å². The summed E-state index contributed by atoms with van der Waals surface area (Å²) in [7, 11) is 1.68. The number of halogens is 1. The molecular formula is C13H20BrNO. The van der Waals surface area contributed by atoms with E-state index in [0.717, 1.165) is 22.2 Å². The summed E-state index contributed by atoms with van der Waals surface area (Å²) in [6, 6.07) is 6.10. The maximum Gasteiger partial charge on any atom is 0.124 e. The summed E-state index contributed by atoms with van der Waals surface area (Å²) in [5.41, 5.74) is 7.27. The molecule has 90 valence electrons. The molecule has 0 aliphatic heterocycles. The number of methoxy groups -OCH3 is 1. The van der Waals surface area contributed by atoms with Gasteiger partial charge in [0.05, 0.1) is 7.11 Å². The number of hydrogen-bond acceptors (Lipinski definition) is 2. The number of ether oxygens (including phenoxy) is 1. The van der Waals surface area contributed by atoms with Gasteiger partial charge in [-0.1, -0.05) is 48.2 Å². The summed E-state index contributed by atoms with van der Waals surface area (Å²) >= 11 is 3.43. The van der Waals surface area contributed by atoms with Crippen LogP contribution in [0.5, 0.6) is 5.75 Å². The SMILES string of the molecule is CCCCC[C@H](N)c1ccc(Br)cc1OC. The lowest BCUT2D eigenvalue weighted by Gasteiger charge is -2.15. The van der Waals surface area contributed by atoms with Crippen LogP contribution in [0.15, 0.2) is 22.7 Å². The summed E-state index contributed by atoms with van der Waals surface area (Å²) in [5, 5.41) is 0. The van der Waals surface area contributed by atoms with Crippen LogP contribution in [-0.4, -0.2) is 7.11 Å². The minimum absolute atomic E-state index is 0.0783. The van der Waals surface area contributed by atoms with E-state index in [1.807, 2.05) is 18.2 Å². The predicted octanol–water partition coefficient (Wildman–Crippen LogP) is 4.04. The largest absolute Gasteiger partial charge is 0.496 e. The highest BCUT2D eigenvalue weighted by Gasteiger charge is 2.11. The molecule has 0 bridgehead atoms. The topological polar surface area (TPSA) is 35.2 Å². The van der Waals surface area contributed by atoms with Gasteiger partial charge in [-0.2, -0.15) is 0 Å². The molecule has 3 heteroatoms. The average molecular weight is 286 g/mol. The molecule has 0 aromatic heterocycles. The first-order chi connectivity index (χ1) is 7.69. The van der Waals surface area contributed by atoms with Gasteiger partial charge in [-0.25, -0.2) is 0 Å². The quantitative estimate of drug-likeness (QED) is 0.801. The van der Waals surface area contributed by atoms with Crippen molar-refractivity contribution >= 4 is 15.9 Å². The third-order valence-electron chi connectivity index (χ3n) is 2.71. The monoisotopic (exact) mass is 285 g/mol. The van der Waals surface area contributed by atoms with Gasteiger partial charge in [-0.05, 0) is 18.6 Å². The lowest BCUT2D eigenvalue weighted by Crippen LogP contribution is -2.11. The van der Waals surface area contributed by atoms with E-state index in [1.54, 1.807) is 7.11 Å². The molecule has 0 fully saturated rings. The molecular weight excluding hydrogens is 266 g/mol. The van der Waals surface area contributed by atoms with Crippen molar-refractivity contribution in [3.8, 4) is 5.75 Å². The summed E-state index contributed by atoms with van der Waals surface area (Å²) in [4.78, 5) is 0. The Morgan fingerprint density at radius 2 is 2.12 bits per heavy atom. The summed E-state index contributed by atoms with van der Waals surface area (Å²) < 4.78 is 6.37. The van der Waals surface area contributed by atoms with Gasteiger partial charge >= 0.3 is 0 Å². The summed E-state index contributed by atoms with van der Waals surface area (Å²) in [5.74, 6) is 0.873. The van der Waals surface area contributed by atoms with E-state index in [0.29, 0.717) is 0 Å². The number of rotatable bonds is 6. The van der Waals surface area contributed by atoms with Crippen LogP contribution in [0.2, 0.25) is 0 Å². The molecule has 0 aliphatic carbocycles. The lowest BCUT2D eigenvalue weighted by atomic mass is 10.0. The molecule has 1 rings (SSSR count). The number of unbranched alkanes of at least 4 members (excludes halogenated alkanes) is 2. The zero-order chi connectivity index (χ0) is 12.0. The van der Waals surface area contributed by atoms with Crippen molar-refractivity contribution in [3.63, 3.8) is 0 Å². The summed E-state index contributed by atoms with van der Waals surface area (Å²) in [6.45, 7) is 2.20. The Morgan fingerprint density at radius 1 is 1.38 bits per heavy atom. The zero-order valence-corrected chi connectivity index (χ0v) is 11.6. The molecule has 1 aromatic rings. The Hall–Kier alpha value is -0.540. The van der Waals surface area contributed by atoms with E-state index in [9.17, 15) is 0 Å². The second-order valence-corrected chi connectivity index (χ2v) is 4.90. The molecule has 0 unspecified atom stereocenters. The highest BCUT2D eigenvalue weighted by atomic mass is 79.9. The van der Waals surface area contributed by atoms with Gasteiger partial charge in [-0.15, -0.1) is 0 Å². The molecule has 0 heterocycles. The predicted molar refractivity (Wildman–Crippen MR) is 71.8 cm³/mol. The third kappa shape index (κ3) is 3.80. The second kappa shape index (κ2) is 6.92. The molecule has 0 aliphatic rings. The van der Waals surface area contributed by atoms with Crippen molar-refractivity contribution in [3.05, 3.63) is 28.2 Å². The van der Waals surface area contributed by atoms with Crippen LogP contribution in [0.4, 0.5) is 0 Å². The van der Waals surface area contributed by atoms with E-state index in [2.05, 4.69) is 22.9 Å². The van der Waals surface area contributed by atoms with E-state index >= 15 is 0 Å². The first-order valence-electron chi connectivity index (χ1n) is 5.78. The minimum Gasteiger partial charge on any atom is -0.496 e. The highest BCUT2D eigenvalue weighted by Crippen LogP contribution is 2.29. The van der Waals surface area contributed by atoms with E-state index in [-0.39, 0.29) is 6.04 Å². The van der Waals surface area contributed by atoms with Crippen molar-refractivity contribution in [1.29, 1.82) is 0 Å². The normalized spacial score (nSPS) is 12.5. The van der Waals surface area contributed by atoms with Gasteiger partial charge in [-0.3, -0.25) is 0 Å². The van der Waals surface area contributed by atoms with Gasteiger partial charge in [0.25, 0.3) is 0 Å².